The van der Waals surface area contributed by atoms with E-state index in [-0.39, 0.29) is 17.7 Å². The Morgan fingerprint density at radius 3 is 1.05 bits per heavy atom. The van der Waals surface area contributed by atoms with Crippen molar-refractivity contribution in [1.29, 1.82) is 0 Å². The summed E-state index contributed by atoms with van der Waals surface area (Å²) < 4.78 is 0. The molecule has 79 heavy (non-hydrogen) atoms. The van der Waals surface area contributed by atoms with E-state index in [0.29, 0.717) is 17.7 Å². The Kier molecular flexibility index (Phi) is 27.4. The molecule has 3 nitrogen and oxygen atoms in total. The number of hydrogen-bond donors (Lipinski definition) is 0. The van der Waals surface area contributed by atoms with Gasteiger partial charge in [-0.1, -0.05) is 238 Å². The molecule has 2 aromatic carbocycles. The summed E-state index contributed by atoms with van der Waals surface area (Å²) >= 11 is 7.72. The molecule has 0 N–H and O–H groups in total. The number of unbranched alkanes of at least 4 members (excludes halogenated alkanes) is 21. The SMILES string of the molecule is CCCCCCCCc1ccsc1-c1sc(-c2ccc(C3=C(c4ccc(-c5cc(CCCCCCCC)c(-c6sccc6CCCCCCCC)s5)cc4)C(=O)N(CC(CC)CCCC)C3=O)cc2)cc1CCCCCCCC. The number of carbonyl (C=O) groups is 2. The number of nitrogens with zero attached hydrogens (tertiary/aromatic N) is 1. The third kappa shape index (κ3) is 18.1. The topological polar surface area (TPSA) is 37.4 Å². The molecule has 0 radical (unpaired) electrons. The van der Waals surface area contributed by atoms with Crippen molar-refractivity contribution in [3.8, 4) is 40.4 Å². The van der Waals surface area contributed by atoms with Gasteiger partial charge in [0.2, 0.25) is 0 Å². The van der Waals surface area contributed by atoms with Gasteiger partial charge in [0.25, 0.3) is 11.8 Å². The molecule has 5 heterocycles. The van der Waals surface area contributed by atoms with Gasteiger partial charge >= 0.3 is 0 Å². The smallest absolute Gasteiger partial charge is 0.262 e. The minimum absolute atomic E-state index is 0.156. The maximum absolute atomic E-state index is 14.9. The average molecular weight is 1140 g/mol. The molecule has 1 aliphatic heterocycles. The molecule has 1 aliphatic rings. The predicted molar refractivity (Wildman–Crippen MR) is 351 cm³/mol. The summed E-state index contributed by atoms with van der Waals surface area (Å²) in [6.07, 6.45) is 39.9. The fourth-order valence-electron chi connectivity index (χ4n) is 11.8. The van der Waals surface area contributed by atoms with Crippen LogP contribution in [-0.4, -0.2) is 23.3 Å². The zero-order valence-electron chi connectivity index (χ0n) is 49.9. The summed E-state index contributed by atoms with van der Waals surface area (Å²) in [5, 5.41) is 4.62. The van der Waals surface area contributed by atoms with E-state index in [1.54, 1.807) is 4.90 Å². The van der Waals surface area contributed by atoms with Crippen LogP contribution >= 0.6 is 45.3 Å². The van der Waals surface area contributed by atoms with E-state index < -0.39 is 0 Å². The van der Waals surface area contributed by atoms with Crippen LogP contribution in [0, 0.1) is 5.92 Å². The van der Waals surface area contributed by atoms with Crippen LogP contribution in [-0.2, 0) is 35.3 Å². The van der Waals surface area contributed by atoms with Gasteiger partial charge in [0.1, 0.15) is 0 Å². The number of amides is 2. The molecule has 6 aromatic rings. The van der Waals surface area contributed by atoms with Crippen LogP contribution in [0.1, 0.15) is 255 Å². The fraction of sp³-hybridized carbons (Fsp3) is 0.556. The highest BCUT2D eigenvalue weighted by molar-refractivity contribution is 7.24. The molecule has 2 amide bonds. The second kappa shape index (κ2) is 34.5. The van der Waals surface area contributed by atoms with E-state index in [1.807, 2.05) is 45.3 Å². The van der Waals surface area contributed by atoms with E-state index in [0.717, 1.165) is 62.5 Å². The van der Waals surface area contributed by atoms with Gasteiger partial charge in [0.05, 0.1) is 11.1 Å². The summed E-state index contributed by atoms with van der Waals surface area (Å²) in [5.41, 5.74) is 11.0. The van der Waals surface area contributed by atoms with Crippen molar-refractivity contribution >= 4 is 68.3 Å². The summed E-state index contributed by atoms with van der Waals surface area (Å²) in [7, 11) is 0. The lowest BCUT2D eigenvalue weighted by atomic mass is 9.94. The minimum atomic E-state index is -0.156. The first-order chi connectivity index (χ1) is 38.8. The van der Waals surface area contributed by atoms with Crippen molar-refractivity contribution in [3.05, 3.63) is 117 Å². The van der Waals surface area contributed by atoms with E-state index in [9.17, 15) is 9.59 Å². The van der Waals surface area contributed by atoms with Gasteiger partial charge in [-0.25, -0.2) is 0 Å². The second-order valence-corrected chi connectivity index (χ2v) is 27.0. The number of carbonyl (C=O) groups excluding carboxylic acids is 2. The van der Waals surface area contributed by atoms with Gasteiger partial charge in [-0.15, -0.1) is 45.3 Å². The van der Waals surface area contributed by atoms with Crippen LogP contribution in [0.3, 0.4) is 0 Å². The molecule has 0 saturated heterocycles. The Balaban J connectivity index is 1.19. The van der Waals surface area contributed by atoms with Crippen molar-refractivity contribution in [3.63, 3.8) is 0 Å². The third-order valence-electron chi connectivity index (χ3n) is 16.8. The Bertz CT molecular complexity index is 2560. The molecule has 1 unspecified atom stereocenters. The molecular formula is C72H99NO2S4. The molecule has 0 bridgehead atoms. The molecule has 0 spiro atoms. The molecule has 7 rings (SSSR count). The Labute approximate surface area is 496 Å². The monoisotopic (exact) mass is 1140 g/mol. The van der Waals surface area contributed by atoms with Gasteiger partial charge in [-0.05, 0) is 143 Å². The largest absolute Gasteiger partial charge is 0.274 e. The quantitative estimate of drug-likeness (QED) is 0.0284. The maximum atomic E-state index is 14.9. The summed E-state index contributed by atoms with van der Waals surface area (Å²) in [5.74, 6) is -0.0338. The highest BCUT2D eigenvalue weighted by Crippen LogP contribution is 2.46. The molecule has 0 aliphatic carbocycles. The van der Waals surface area contributed by atoms with Gasteiger partial charge < -0.3 is 0 Å². The number of imide groups is 1. The lowest BCUT2D eigenvalue weighted by molar-refractivity contribution is -0.136. The Morgan fingerprint density at radius 2 is 0.696 bits per heavy atom. The molecule has 0 fully saturated rings. The van der Waals surface area contributed by atoms with Crippen molar-refractivity contribution in [1.82, 2.24) is 4.90 Å². The summed E-state index contributed by atoms with van der Waals surface area (Å²) in [4.78, 5) is 39.8. The molecule has 428 valence electrons. The van der Waals surface area contributed by atoms with Gasteiger partial charge in [-0.2, -0.15) is 0 Å². The van der Waals surface area contributed by atoms with Crippen molar-refractivity contribution in [2.45, 2.75) is 247 Å². The van der Waals surface area contributed by atoms with Crippen molar-refractivity contribution < 1.29 is 9.59 Å². The number of hydrogen-bond acceptors (Lipinski definition) is 6. The third-order valence-corrected chi connectivity index (χ3v) is 21.5. The van der Waals surface area contributed by atoms with Crippen molar-refractivity contribution in [2.75, 3.05) is 6.54 Å². The highest BCUT2D eigenvalue weighted by Gasteiger charge is 2.40. The van der Waals surface area contributed by atoms with Crippen LogP contribution in [0.15, 0.2) is 83.6 Å². The summed E-state index contributed by atoms with van der Waals surface area (Å²) in [6.45, 7) is 14.1. The van der Waals surface area contributed by atoms with Crippen LogP contribution in [0.5, 0.6) is 0 Å². The first kappa shape index (κ1) is 62.7. The number of thiophene rings is 4. The van der Waals surface area contributed by atoms with Crippen LogP contribution in [0.4, 0.5) is 0 Å². The highest BCUT2D eigenvalue weighted by atomic mass is 32.1. The summed E-state index contributed by atoms with van der Waals surface area (Å²) in [6, 6.07) is 27.0. The number of rotatable bonds is 40. The first-order valence-corrected chi connectivity index (χ1v) is 35.4. The second-order valence-electron chi connectivity index (χ2n) is 23.1. The van der Waals surface area contributed by atoms with Crippen LogP contribution in [0.2, 0.25) is 0 Å². The standard InChI is InChI=1S/C72H99NO2S4/c1-7-13-18-22-26-30-35-59-47-49-76-67(59)69-61(37-32-28-24-20-15-9-3)51-63(78-69)55-39-43-57(44-40-55)65-66(72(75)73(71(65)74)53-54(12-6)34-17-11-5)58-45-41-56(42-46-58)64-52-62(38-33-29-25-21-16-10-4)70(79-64)68-60(48-50-77-68)36-31-27-23-19-14-8-2/h39-52,54H,7-38,53H2,1-6H3. The fourth-order valence-corrected chi connectivity index (χ4v) is 16.6. The van der Waals surface area contributed by atoms with Gasteiger partial charge in [0, 0.05) is 35.8 Å². The Hall–Kier alpha value is -3.88. The molecule has 4 aromatic heterocycles. The van der Waals surface area contributed by atoms with Crippen molar-refractivity contribution in [2.24, 2.45) is 5.92 Å². The van der Waals surface area contributed by atoms with Gasteiger partial charge in [0.15, 0.2) is 0 Å². The number of benzene rings is 2. The molecule has 7 heteroatoms. The van der Waals surface area contributed by atoms with Gasteiger partial charge in [-0.3, -0.25) is 14.5 Å². The Morgan fingerprint density at radius 1 is 0.367 bits per heavy atom. The van der Waals surface area contributed by atoms with E-state index in [4.69, 9.17) is 0 Å². The van der Waals surface area contributed by atoms with E-state index in [1.165, 1.54) is 217 Å². The predicted octanol–water partition coefficient (Wildman–Crippen LogP) is 23.7. The van der Waals surface area contributed by atoms with Crippen LogP contribution < -0.4 is 0 Å². The van der Waals surface area contributed by atoms with E-state index >= 15 is 0 Å². The zero-order valence-corrected chi connectivity index (χ0v) is 53.2. The lowest BCUT2D eigenvalue weighted by Gasteiger charge is -2.22. The molecular weight excluding hydrogens is 1040 g/mol. The molecule has 1 atom stereocenters. The zero-order chi connectivity index (χ0) is 55.6. The van der Waals surface area contributed by atoms with E-state index in [2.05, 4.69) is 125 Å². The lowest BCUT2D eigenvalue weighted by Crippen LogP contribution is -2.36. The maximum Gasteiger partial charge on any atom is 0.262 e. The first-order valence-electron chi connectivity index (χ1n) is 32.0. The minimum Gasteiger partial charge on any atom is -0.274 e. The normalized spacial score (nSPS) is 13.3. The average Bonchev–Trinajstić information content (AvgIpc) is 4.54. The van der Waals surface area contributed by atoms with Crippen LogP contribution in [0.25, 0.3) is 51.5 Å². The molecule has 0 saturated carbocycles. The number of aryl methyl sites for hydroxylation is 4.